The Morgan fingerprint density at radius 2 is 2.25 bits per heavy atom. The zero-order chi connectivity index (χ0) is 11.7. The number of imidazole rings is 1. The lowest BCUT2D eigenvalue weighted by Gasteiger charge is -2.05. The van der Waals surface area contributed by atoms with E-state index < -0.39 is 0 Å². The highest BCUT2D eigenvalue weighted by Crippen LogP contribution is 2.13. The van der Waals surface area contributed by atoms with Gasteiger partial charge < -0.3 is 4.57 Å². The molecule has 0 aliphatic heterocycles. The van der Waals surface area contributed by atoms with Crippen molar-refractivity contribution in [3.8, 4) is 0 Å². The van der Waals surface area contributed by atoms with Crippen LogP contribution in [0.1, 0.15) is 39.7 Å². The van der Waals surface area contributed by atoms with Crippen molar-refractivity contribution < 1.29 is 4.39 Å². The second-order valence-corrected chi connectivity index (χ2v) is 4.39. The van der Waals surface area contributed by atoms with Gasteiger partial charge in [-0.1, -0.05) is 18.6 Å². The van der Waals surface area contributed by atoms with Crippen molar-refractivity contribution in [1.82, 2.24) is 9.55 Å². The van der Waals surface area contributed by atoms with Crippen LogP contribution in [0.3, 0.4) is 0 Å². The van der Waals surface area contributed by atoms with Crippen LogP contribution < -0.4 is 10.7 Å². The molecule has 0 fully saturated rings. The van der Waals surface area contributed by atoms with Gasteiger partial charge in [-0.15, -0.1) is 0 Å². The van der Waals surface area contributed by atoms with E-state index in [9.17, 15) is 4.39 Å². The van der Waals surface area contributed by atoms with Gasteiger partial charge in [-0.05, 0) is 32.8 Å². The van der Waals surface area contributed by atoms with Gasteiger partial charge in [0.05, 0.1) is 11.7 Å². The van der Waals surface area contributed by atoms with Crippen molar-refractivity contribution in [1.29, 1.82) is 0 Å². The van der Waals surface area contributed by atoms with E-state index in [0.717, 1.165) is 23.8 Å². The van der Waals surface area contributed by atoms with Gasteiger partial charge in [0.1, 0.15) is 5.35 Å². The van der Waals surface area contributed by atoms with E-state index in [1.807, 2.05) is 11.5 Å². The maximum Gasteiger partial charge on any atom is 0.150 e. The Morgan fingerprint density at radius 1 is 1.50 bits per heavy atom. The van der Waals surface area contributed by atoms with Crippen LogP contribution in [-0.4, -0.2) is 9.55 Å². The summed E-state index contributed by atoms with van der Waals surface area (Å²) in [7, 11) is 0. The first-order valence-electron chi connectivity index (χ1n) is 5.75. The van der Waals surface area contributed by atoms with Crippen LogP contribution in [0.25, 0.3) is 11.9 Å². The summed E-state index contributed by atoms with van der Waals surface area (Å²) < 4.78 is 15.9. The van der Waals surface area contributed by atoms with E-state index in [2.05, 4.69) is 24.9 Å². The molecule has 2 nitrogen and oxygen atoms in total. The summed E-state index contributed by atoms with van der Waals surface area (Å²) in [4.78, 5) is 4.16. The van der Waals surface area contributed by atoms with E-state index >= 15 is 0 Å². The molecule has 0 spiro atoms. The summed E-state index contributed by atoms with van der Waals surface area (Å²) in [5.41, 5.74) is 1.12. The number of aromatic nitrogens is 2. The molecule has 0 unspecified atom stereocenters. The predicted octanol–water partition coefficient (Wildman–Crippen LogP) is 2.06. The number of rotatable bonds is 2. The molecule has 0 bridgehead atoms. The molecule has 0 radical (unpaired) electrons. The smallest absolute Gasteiger partial charge is 0.150 e. The number of nitrogens with zero attached hydrogens (tertiary/aromatic N) is 2. The van der Waals surface area contributed by atoms with Crippen LogP contribution in [0.4, 0.5) is 4.39 Å². The van der Waals surface area contributed by atoms with E-state index in [-0.39, 0.29) is 5.83 Å². The highest BCUT2D eigenvalue weighted by atomic mass is 19.1. The number of halogens is 1. The summed E-state index contributed by atoms with van der Waals surface area (Å²) >= 11 is 0. The fourth-order valence-electron chi connectivity index (χ4n) is 1.95. The van der Waals surface area contributed by atoms with E-state index in [1.165, 1.54) is 0 Å². The summed E-state index contributed by atoms with van der Waals surface area (Å²) in [6.45, 7) is 6.20. The third kappa shape index (κ3) is 1.82. The second kappa shape index (κ2) is 4.24. The second-order valence-electron chi connectivity index (χ2n) is 4.39. The molecule has 0 aromatic carbocycles. The molecule has 1 aliphatic rings. The minimum absolute atomic E-state index is 0.208. The van der Waals surface area contributed by atoms with Crippen LogP contribution >= 0.6 is 0 Å². The quantitative estimate of drug-likeness (QED) is 0.746. The standard InChI is InChI=1S/C13H17FN2/c1-4-10-5-6-12-13(11(14)7-10)15-8-16(12)9(2)3/h6-9H,4-5H2,1-3H3. The highest BCUT2D eigenvalue weighted by molar-refractivity contribution is 5.52. The molecule has 0 atom stereocenters. The molecule has 2 rings (SSSR count). The monoisotopic (exact) mass is 220 g/mol. The van der Waals surface area contributed by atoms with Crippen LogP contribution in [0.5, 0.6) is 0 Å². The molecule has 1 aromatic heterocycles. The molecule has 0 N–H and O–H groups in total. The molecule has 1 heterocycles. The van der Waals surface area contributed by atoms with Crippen LogP contribution in [0.15, 0.2) is 18.0 Å². The molecule has 16 heavy (non-hydrogen) atoms. The molecule has 1 aromatic rings. The van der Waals surface area contributed by atoms with E-state index in [4.69, 9.17) is 0 Å². The Hall–Kier alpha value is -1.38. The predicted molar refractivity (Wildman–Crippen MR) is 63.8 cm³/mol. The molecular weight excluding hydrogens is 203 g/mol. The van der Waals surface area contributed by atoms with Crippen molar-refractivity contribution in [3.63, 3.8) is 0 Å². The third-order valence-corrected chi connectivity index (χ3v) is 2.96. The SMILES string of the molecule is CCC1=CC(F)=c2ncn(C(C)C)c2=CC1. The molecule has 0 saturated carbocycles. The zero-order valence-electron chi connectivity index (χ0n) is 10.00. The summed E-state index contributed by atoms with van der Waals surface area (Å²) in [5, 5.41) is 1.39. The molecular formula is C13H17FN2. The van der Waals surface area contributed by atoms with Crippen molar-refractivity contribution in [2.75, 3.05) is 0 Å². The summed E-state index contributed by atoms with van der Waals surface area (Å²) in [5.74, 6) is -0.208. The maximum absolute atomic E-state index is 13.9. The molecule has 0 saturated heterocycles. The van der Waals surface area contributed by atoms with Crippen LogP contribution in [0.2, 0.25) is 0 Å². The largest absolute Gasteiger partial charge is 0.328 e. The van der Waals surface area contributed by atoms with Gasteiger partial charge in [-0.2, -0.15) is 0 Å². The Morgan fingerprint density at radius 3 is 2.88 bits per heavy atom. The number of allylic oxidation sites excluding steroid dienone is 2. The average molecular weight is 220 g/mol. The molecule has 1 aliphatic carbocycles. The molecule has 3 heteroatoms. The number of hydrogen-bond donors (Lipinski definition) is 0. The van der Waals surface area contributed by atoms with E-state index in [0.29, 0.717) is 11.4 Å². The first-order chi connectivity index (χ1) is 7.63. The molecule has 86 valence electrons. The van der Waals surface area contributed by atoms with Crippen molar-refractivity contribution >= 4 is 11.9 Å². The van der Waals surface area contributed by atoms with Crippen LogP contribution in [0, 0.1) is 0 Å². The maximum atomic E-state index is 13.9. The fraction of sp³-hybridized carbons (Fsp3) is 0.462. The topological polar surface area (TPSA) is 17.8 Å². The Labute approximate surface area is 94.8 Å². The lowest BCUT2D eigenvalue weighted by atomic mass is 10.1. The Kier molecular flexibility index (Phi) is 2.95. The zero-order valence-corrected chi connectivity index (χ0v) is 10.00. The Balaban J connectivity index is 2.66. The van der Waals surface area contributed by atoms with Crippen molar-refractivity contribution in [3.05, 3.63) is 28.7 Å². The van der Waals surface area contributed by atoms with Gasteiger partial charge in [-0.3, -0.25) is 0 Å². The third-order valence-electron chi connectivity index (χ3n) is 2.96. The van der Waals surface area contributed by atoms with Crippen LogP contribution in [-0.2, 0) is 0 Å². The summed E-state index contributed by atoms with van der Waals surface area (Å²) in [6, 6.07) is 0.309. The van der Waals surface area contributed by atoms with Gasteiger partial charge in [0.25, 0.3) is 0 Å². The van der Waals surface area contributed by atoms with Crippen molar-refractivity contribution in [2.45, 2.75) is 39.7 Å². The lowest BCUT2D eigenvalue weighted by molar-refractivity contribution is 0.584. The molecule has 0 amide bonds. The van der Waals surface area contributed by atoms with E-state index in [1.54, 1.807) is 12.4 Å². The average Bonchev–Trinajstić information content (AvgIpc) is 2.61. The lowest BCUT2D eigenvalue weighted by Crippen LogP contribution is -2.31. The van der Waals surface area contributed by atoms with Gasteiger partial charge >= 0.3 is 0 Å². The van der Waals surface area contributed by atoms with Gasteiger partial charge in [0.2, 0.25) is 0 Å². The minimum atomic E-state index is -0.208. The first-order valence-corrected chi connectivity index (χ1v) is 5.75. The number of fused-ring (bicyclic) bond motifs is 1. The fourth-order valence-corrected chi connectivity index (χ4v) is 1.95. The highest BCUT2D eigenvalue weighted by Gasteiger charge is 2.08. The minimum Gasteiger partial charge on any atom is -0.328 e. The number of hydrogen-bond acceptors (Lipinski definition) is 1. The first kappa shape index (κ1) is 11.1. The Bertz CT molecular complexity index is 535. The van der Waals surface area contributed by atoms with Gasteiger partial charge in [-0.25, -0.2) is 9.37 Å². The summed E-state index contributed by atoms with van der Waals surface area (Å²) in [6.07, 6.45) is 7.12. The van der Waals surface area contributed by atoms with Crippen molar-refractivity contribution in [2.24, 2.45) is 0 Å². The normalized spacial score (nSPS) is 15.6. The van der Waals surface area contributed by atoms with Gasteiger partial charge in [0, 0.05) is 6.04 Å². The van der Waals surface area contributed by atoms with Gasteiger partial charge in [0.15, 0.2) is 5.83 Å².